The van der Waals surface area contributed by atoms with Gasteiger partial charge in [-0.15, -0.1) is 0 Å². The van der Waals surface area contributed by atoms with Crippen molar-refractivity contribution >= 4 is 22.6 Å². The minimum absolute atomic E-state index is 0.113. The van der Waals surface area contributed by atoms with E-state index in [0.717, 1.165) is 28.8 Å². The number of carbonyl (C=O) groups is 1. The van der Waals surface area contributed by atoms with Crippen LogP contribution in [0.4, 0.5) is 5.13 Å². The van der Waals surface area contributed by atoms with Crippen LogP contribution < -0.4 is 9.64 Å². The van der Waals surface area contributed by atoms with Crippen LogP contribution in [0.1, 0.15) is 11.4 Å². The summed E-state index contributed by atoms with van der Waals surface area (Å²) < 4.78 is 9.40. The number of carbonyl (C=O) groups excluding carboxylic acids is 1. The van der Waals surface area contributed by atoms with E-state index in [2.05, 4.69) is 9.36 Å². The van der Waals surface area contributed by atoms with Crippen molar-refractivity contribution in [2.45, 2.75) is 13.5 Å². The van der Waals surface area contributed by atoms with E-state index in [0.29, 0.717) is 19.6 Å². The van der Waals surface area contributed by atoms with Crippen molar-refractivity contribution in [1.29, 1.82) is 0 Å². The molecule has 0 aliphatic carbocycles. The number of nitrogens with zero attached hydrogens (tertiary/aromatic N) is 4. The third kappa shape index (κ3) is 3.19. The van der Waals surface area contributed by atoms with Crippen LogP contribution in [0.25, 0.3) is 0 Å². The second-order valence-electron chi connectivity index (χ2n) is 5.21. The molecule has 0 N–H and O–H groups in total. The predicted molar refractivity (Wildman–Crippen MR) is 85.3 cm³/mol. The highest BCUT2D eigenvalue weighted by atomic mass is 32.1. The van der Waals surface area contributed by atoms with Crippen molar-refractivity contribution in [1.82, 2.24) is 14.3 Å². The van der Waals surface area contributed by atoms with E-state index in [-0.39, 0.29) is 5.91 Å². The molecule has 1 aliphatic rings. The second-order valence-corrected chi connectivity index (χ2v) is 5.94. The molecule has 116 valence electrons. The summed E-state index contributed by atoms with van der Waals surface area (Å²) in [6.07, 6.45) is 0. The number of rotatable bonds is 4. The number of anilines is 1. The molecule has 0 unspecified atom stereocenters. The first-order chi connectivity index (χ1) is 10.7. The SMILES string of the molecule is COc1cccc(CN2CCN(c3nc(C)ns3)CC2=O)c1. The molecular formula is C15H18N4O2S. The number of aryl methyl sites for hydroxylation is 1. The van der Waals surface area contributed by atoms with Gasteiger partial charge in [0.15, 0.2) is 0 Å². The fraction of sp³-hybridized carbons (Fsp3) is 0.400. The van der Waals surface area contributed by atoms with Gasteiger partial charge in [-0.3, -0.25) is 4.79 Å². The van der Waals surface area contributed by atoms with Gasteiger partial charge in [0.1, 0.15) is 11.6 Å². The Kier molecular flexibility index (Phi) is 4.24. The van der Waals surface area contributed by atoms with E-state index < -0.39 is 0 Å². The zero-order chi connectivity index (χ0) is 15.5. The van der Waals surface area contributed by atoms with E-state index in [1.165, 1.54) is 11.5 Å². The van der Waals surface area contributed by atoms with Crippen LogP contribution in [-0.2, 0) is 11.3 Å². The van der Waals surface area contributed by atoms with Crippen LogP contribution in [-0.4, -0.2) is 46.9 Å². The predicted octanol–water partition coefficient (Wildman–Crippen LogP) is 1.70. The Morgan fingerprint density at radius 2 is 2.23 bits per heavy atom. The summed E-state index contributed by atoms with van der Waals surface area (Å²) in [4.78, 5) is 20.6. The van der Waals surface area contributed by atoms with Crippen LogP contribution in [0.3, 0.4) is 0 Å². The molecule has 0 spiro atoms. The molecule has 2 heterocycles. The van der Waals surface area contributed by atoms with Crippen LogP contribution >= 0.6 is 11.5 Å². The van der Waals surface area contributed by atoms with Crippen LogP contribution in [0.15, 0.2) is 24.3 Å². The fourth-order valence-electron chi connectivity index (χ4n) is 2.44. The Morgan fingerprint density at radius 3 is 2.91 bits per heavy atom. The number of methoxy groups -OCH3 is 1. The normalized spacial score (nSPS) is 15.3. The number of piperazine rings is 1. The molecule has 0 saturated carbocycles. The van der Waals surface area contributed by atoms with Crippen molar-refractivity contribution in [2.75, 3.05) is 31.6 Å². The third-order valence-electron chi connectivity index (χ3n) is 3.61. The van der Waals surface area contributed by atoms with Gasteiger partial charge in [0.05, 0.1) is 13.7 Å². The van der Waals surface area contributed by atoms with Crippen molar-refractivity contribution in [2.24, 2.45) is 0 Å². The van der Waals surface area contributed by atoms with Gasteiger partial charge < -0.3 is 14.5 Å². The summed E-state index contributed by atoms with van der Waals surface area (Å²) in [5, 5.41) is 0.826. The lowest BCUT2D eigenvalue weighted by Crippen LogP contribution is -2.50. The van der Waals surface area contributed by atoms with Crippen molar-refractivity contribution in [3.05, 3.63) is 35.7 Å². The Balaban J connectivity index is 1.64. The Hall–Kier alpha value is -2.15. The zero-order valence-electron chi connectivity index (χ0n) is 12.7. The molecule has 1 aliphatic heterocycles. The summed E-state index contributed by atoms with van der Waals surface area (Å²) in [6.45, 7) is 4.30. The lowest BCUT2D eigenvalue weighted by molar-refractivity contribution is -0.131. The summed E-state index contributed by atoms with van der Waals surface area (Å²) >= 11 is 1.35. The van der Waals surface area contributed by atoms with E-state index >= 15 is 0 Å². The van der Waals surface area contributed by atoms with E-state index in [9.17, 15) is 4.79 Å². The standard InChI is InChI=1S/C15H18N4O2S/c1-11-16-15(22-17-11)19-7-6-18(14(20)10-19)9-12-4-3-5-13(8-12)21-2/h3-5,8H,6-7,9-10H2,1-2H3. The van der Waals surface area contributed by atoms with E-state index in [4.69, 9.17) is 4.74 Å². The highest BCUT2D eigenvalue weighted by molar-refractivity contribution is 7.09. The molecular weight excluding hydrogens is 300 g/mol. The number of amides is 1. The molecule has 6 nitrogen and oxygen atoms in total. The molecule has 0 radical (unpaired) electrons. The van der Waals surface area contributed by atoms with E-state index in [1.54, 1.807) is 7.11 Å². The lowest BCUT2D eigenvalue weighted by Gasteiger charge is -2.34. The maximum atomic E-state index is 12.4. The quantitative estimate of drug-likeness (QED) is 0.859. The van der Waals surface area contributed by atoms with Gasteiger partial charge in [-0.2, -0.15) is 4.37 Å². The van der Waals surface area contributed by atoms with Gasteiger partial charge in [-0.05, 0) is 24.6 Å². The van der Waals surface area contributed by atoms with Gasteiger partial charge in [0.2, 0.25) is 11.0 Å². The maximum absolute atomic E-state index is 12.4. The van der Waals surface area contributed by atoms with Gasteiger partial charge in [-0.25, -0.2) is 4.98 Å². The molecule has 1 fully saturated rings. The van der Waals surface area contributed by atoms with Gasteiger partial charge >= 0.3 is 0 Å². The van der Waals surface area contributed by atoms with Crippen molar-refractivity contribution in [3.8, 4) is 5.75 Å². The first-order valence-electron chi connectivity index (χ1n) is 7.11. The highest BCUT2D eigenvalue weighted by Gasteiger charge is 2.25. The third-order valence-corrected chi connectivity index (χ3v) is 4.48. The zero-order valence-corrected chi connectivity index (χ0v) is 13.5. The topological polar surface area (TPSA) is 58.6 Å². The number of ether oxygens (including phenoxy) is 1. The Bertz CT molecular complexity index is 673. The molecule has 3 rings (SSSR count). The smallest absolute Gasteiger partial charge is 0.242 e. The molecule has 1 saturated heterocycles. The average Bonchev–Trinajstić information content (AvgIpc) is 2.96. The molecule has 2 aromatic rings. The first-order valence-corrected chi connectivity index (χ1v) is 7.89. The second kappa shape index (κ2) is 6.31. The summed E-state index contributed by atoms with van der Waals surface area (Å²) in [5.41, 5.74) is 1.08. The number of benzene rings is 1. The average molecular weight is 318 g/mol. The van der Waals surface area contributed by atoms with Crippen LogP contribution in [0.2, 0.25) is 0 Å². The Labute approximate surface area is 133 Å². The maximum Gasteiger partial charge on any atom is 0.242 e. The summed E-state index contributed by atoms with van der Waals surface area (Å²) in [7, 11) is 1.65. The molecule has 1 aromatic carbocycles. The minimum atomic E-state index is 0.113. The largest absolute Gasteiger partial charge is 0.497 e. The lowest BCUT2D eigenvalue weighted by atomic mass is 10.2. The molecule has 7 heteroatoms. The number of hydrogen-bond donors (Lipinski definition) is 0. The summed E-state index contributed by atoms with van der Waals surface area (Å²) in [5.74, 6) is 1.68. The Morgan fingerprint density at radius 1 is 1.36 bits per heavy atom. The molecule has 0 atom stereocenters. The fourth-order valence-corrected chi connectivity index (χ4v) is 3.14. The minimum Gasteiger partial charge on any atom is -0.497 e. The number of hydrogen-bond acceptors (Lipinski definition) is 6. The molecule has 1 aromatic heterocycles. The van der Waals surface area contributed by atoms with Gasteiger partial charge in [0, 0.05) is 31.2 Å². The number of aromatic nitrogens is 2. The van der Waals surface area contributed by atoms with Gasteiger partial charge in [-0.1, -0.05) is 12.1 Å². The van der Waals surface area contributed by atoms with Crippen LogP contribution in [0, 0.1) is 6.92 Å². The molecule has 1 amide bonds. The molecule has 22 heavy (non-hydrogen) atoms. The van der Waals surface area contributed by atoms with E-state index in [1.807, 2.05) is 41.0 Å². The summed E-state index contributed by atoms with van der Waals surface area (Å²) in [6, 6.07) is 7.82. The monoisotopic (exact) mass is 318 g/mol. The van der Waals surface area contributed by atoms with Crippen molar-refractivity contribution in [3.63, 3.8) is 0 Å². The highest BCUT2D eigenvalue weighted by Crippen LogP contribution is 2.20. The molecule has 0 bridgehead atoms. The van der Waals surface area contributed by atoms with Crippen molar-refractivity contribution < 1.29 is 9.53 Å². The van der Waals surface area contributed by atoms with Crippen LogP contribution in [0.5, 0.6) is 5.75 Å². The first kappa shape index (κ1) is 14.8. The van der Waals surface area contributed by atoms with Gasteiger partial charge in [0.25, 0.3) is 0 Å².